The lowest BCUT2D eigenvalue weighted by Gasteiger charge is -2.11. The molecule has 0 saturated heterocycles. The number of rotatable bonds is 0. The van der Waals surface area contributed by atoms with Crippen LogP contribution in [0.3, 0.4) is 0 Å². The summed E-state index contributed by atoms with van der Waals surface area (Å²) in [6.07, 6.45) is 1.37. The van der Waals surface area contributed by atoms with Crippen molar-refractivity contribution in [3.8, 4) is 28.6 Å². The minimum atomic E-state index is -0.883. The average Bonchev–Trinajstić information content (AvgIpc) is 2.41. The number of benzene rings is 2. The highest BCUT2D eigenvalue weighted by atomic mass is 16.4. The van der Waals surface area contributed by atoms with Gasteiger partial charge in [0.05, 0.1) is 11.8 Å². The topological polar surface area (TPSA) is 90.9 Å². The summed E-state index contributed by atoms with van der Waals surface area (Å²) in [5.74, 6) is -2.54. The highest BCUT2D eigenvalue weighted by Gasteiger charge is 2.25. The SMILES string of the molecule is O=c1c(O)c(O)c(O)c2occ3ccccc3c1-2. The van der Waals surface area contributed by atoms with Gasteiger partial charge in [-0.3, -0.25) is 4.79 Å². The third kappa shape index (κ3) is 1.18. The zero-order valence-electron chi connectivity index (χ0n) is 9.04. The van der Waals surface area contributed by atoms with Crippen LogP contribution in [-0.4, -0.2) is 15.3 Å². The zero-order valence-corrected chi connectivity index (χ0v) is 9.04. The number of hydrogen-bond acceptors (Lipinski definition) is 5. The molecule has 0 aromatic heterocycles. The van der Waals surface area contributed by atoms with Crippen molar-refractivity contribution in [3.05, 3.63) is 40.8 Å². The molecule has 0 fully saturated rings. The first-order valence-electron chi connectivity index (χ1n) is 5.18. The van der Waals surface area contributed by atoms with E-state index < -0.39 is 22.7 Å². The highest BCUT2D eigenvalue weighted by Crippen LogP contribution is 2.43. The Balaban J connectivity index is 2.66. The predicted octanol–water partition coefficient (Wildman–Crippen LogP) is 2.01. The maximum atomic E-state index is 11.9. The summed E-state index contributed by atoms with van der Waals surface area (Å²) >= 11 is 0. The molecule has 0 atom stereocenters. The maximum absolute atomic E-state index is 11.9. The fourth-order valence-electron chi connectivity index (χ4n) is 1.98. The van der Waals surface area contributed by atoms with Crippen molar-refractivity contribution in [2.45, 2.75) is 0 Å². The number of phenols is 3. The quantitative estimate of drug-likeness (QED) is 0.415. The van der Waals surface area contributed by atoms with Gasteiger partial charge in [0, 0.05) is 5.39 Å². The minimum absolute atomic E-state index is 0.0425. The molecule has 0 spiro atoms. The number of fused-ring (bicyclic) bond motifs is 3. The van der Waals surface area contributed by atoms with Crippen molar-refractivity contribution in [2.75, 3.05) is 0 Å². The van der Waals surface area contributed by atoms with Gasteiger partial charge >= 0.3 is 0 Å². The molecule has 0 amide bonds. The highest BCUT2D eigenvalue weighted by molar-refractivity contribution is 5.97. The van der Waals surface area contributed by atoms with Crippen molar-refractivity contribution < 1.29 is 19.7 Å². The summed E-state index contributed by atoms with van der Waals surface area (Å²) in [5.41, 5.74) is -0.734. The predicted molar refractivity (Wildman–Crippen MR) is 64.1 cm³/mol. The van der Waals surface area contributed by atoms with Crippen LogP contribution in [0.4, 0.5) is 0 Å². The summed E-state index contributed by atoms with van der Waals surface area (Å²) < 4.78 is 5.15. The van der Waals surface area contributed by atoms with Crippen molar-refractivity contribution in [1.82, 2.24) is 0 Å². The number of aromatic hydroxyl groups is 3. The van der Waals surface area contributed by atoms with Crippen LogP contribution in [0.15, 0.2) is 39.7 Å². The molecule has 0 unspecified atom stereocenters. The molecule has 1 heterocycles. The maximum Gasteiger partial charge on any atom is 0.235 e. The average molecular weight is 244 g/mol. The summed E-state index contributed by atoms with van der Waals surface area (Å²) in [6.45, 7) is 0. The Bertz CT molecular complexity index is 787. The first-order chi connectivity index (χ1) is 8.61. The van der Waals surface area contributed by atoms with E-state index in [0.717, 1.165) is 0 Å². The number of phenolic OH excluding ortho intramolecular Hbond substituents is 3. The van der Waals surface area contributed by atoms with Crippen molar-refractivity contribution in [3.63, 3.8) is 0 Å². The van der Waals surface area contributed by atoms with Gasteiger partial charge < -0.3 is 19.7 Å². The van der Waals surface area contributed by atoms with Gasteiger partial charge in [0.1, 0.15) is 0 Å². The summed E-state index contributed by atoms with van der Waals surface area (Å²) in [7, 11) is 0. The molecule has 0 saturated carbocycles. The summed E-state index contributed by atoms with van der Waals surface area (Å²) in [6, 6.07) is 6.90. The first-order valence-corrected chi connectivity index (χ1v) is 5.18. The van der Waals surface area contributed by atoms with Crippen LogP contribution in [0.25, 0.3) is 22.1 Å². The molecule has 90 valence electrons. The van der Waals surface area contributed by atoms with E-state index in [-0.39, 0.29) is 11.3 Å². The van der Waals surface area contributed by atoms with Gasteiger partial charge in [0.15, 0.2) is 5.76 Å². The Hall–Kier alpha value is -2.69. The van der Waals surface area contributed by atoms with Gasteiger partial charge in [-0.25, -0.2) is 0 Å². The summed E-state index contributed by atoms with van der Waals surface area (Å²) in [4.78, 5) is 11.9. The van der Waals surface area contributed by atoms with Crippen LogP contribution in [0.5, 0.6) is 17.2 Å². The van der Waals surface area contributed by atoms with Crippen LogP contribution in [0.1, 0.15) is 0 Å². The Morgan fingerprint density at radius 1 is 0.944 bits per heavy atom. The number of hydrogen-bond donors (Lipinski definition) is 3. The molecule has 0 bridgehead atoms. The summed E-state index contributed by atoms with van der Waals surface area (Å²) in [5, 5.41) is 29.8. The molecule has 1 aliphatic heterocycles. The molecule has 0 radical (unpaired) electrons. The normalized spacial score (nSPS) is 11.1. The minimum Gasteiger partial charge on any atom is -0.502 e. The molecule has 1 aliphatic carbocycles. The second-order valence-corrected chi connectivity index (χ2v) is 3.90. The fraction of sp³-hybridized carbons (Fsp3) is 0. The lowest BCUT2D eigenvalue weighted by Crippen LogP contribution is -2.06. The smallest absolute Gasteiger partial charge is 0.235 e. The van der Waals surface area contributed by atoms with E-state index >= 15 is 0 Å². The molecule has 18 heavy (non-hydrogen) atoms. The zero-order chi connectivity index (χ0) is 12.9. The Morgan fingerprint density at radius 3 is 2.44 bits per heavy atom. The molecule has 1 aromatic carbocycles. The van der Waals surface area contributed by atoms with Crippen molar-refractivity contribution in [2.24, 2.45) is 0 Å². The second kappa shape index (κ2) is 3.40. The molecule has 2 aliphatic rings. The molecule has 3 N–H and O–H groups in total. The van der Waals surface area contributed by atoms with Gasteiger partial charge in [-0.05, 0) is 5.39 Å². The largest absolute Gasteiger partial charge is 0.502 e. The van der Waals surface area contributed by atoms with Gasteiger partial charge in [0.25, 0.3) is 0 Å². The van der Waals surface area contributed by atoms with Gasteiger partial charge in [-0.2, -0.15) is 0 Å². The van der Waals surface area contributed by atoms with E-state index in [0.29, 0.717) is 10.8 Å². The molecular weight excluding hydrogens is 236 g/mol. The van der Waals surface area contributed by atoms with Crippen LogP contribution < -0.4 is 5.43 Å². The van der Waals surface area contributed by atoms with Gasteiger partial charge in [-0.15, -0.1) is 0 Å². The van der Waals surface area contributed by atoms with Crippen LogP contribution >= 0.6 is 0 Å². The van der Waals surface area contributed by atoms with E-state index in [2.05, 4.69) is 0 Å². The first kappa shape index (κ1) is 10.5. The van der Waals surface area contributed by atoms with Gasteiger partial charge in [0.2, 0.25) is 22.7 Å². The van der Waals surface area contributed by atoms with E-state index in [1.165, 1.54) is 6.26 Å². The van der Waals surface area contributed by atoms with E-state index in [4.69, 9.17) is 4.42 Å². The molecule has 5 heteroatoms. The Kier molecular flexibility index (Phi) is 1.98. The molecule has 3 rings (SSSR count). The fourth-order valence-corrected chi connectivity index (χ4v) is 1.98. The third-order valence-electron chi connectivity index (χ3n) is 2.87. The van der Waals surface area contributed by atoms with Crippen LogP contribution in [-0.2, 0) is 0 Å². The second-order valence-electron chi connectivity index (χ2n) is 3.90. The van der Waals surface area contributed by atoms with E-state index in [9.17, 15) is 20.1 Å². The van der Waals surface area contributed by atoms with Crippen LogP contribution in [0.2, 0.25) is 0 Å². The van der Waals surface area contributed by atoms with E-state index in [1.807, 2.05) is 0 Å². The lowest BCUT2D eigenvalue weighted by molar-refractivity contribution is 0.358. The standard InChI is InChI=1S/C13H8O5/c14-9-8-7-4-2-1-3-6(7)5-18-13(8)12(17)11(16)10(9)15/h1-5,15-17H. The van der Waals surface area contributed by atoms with Crippen molar-refractivity contribution >= 4 is 10.8 Å². The van der Waals surface area contributed by atoms with Gasteiger partial charge in [-0.1, -0.05) is 24.3 Å². The van der Waals surface area contributed by atoms with Crippen LogP contribution in [0, 0.1) is 0 Å². The molecule has 5 nitrogen and oxygen atoms in total. The molecular formula is C13H8O5. The molecule has 1 aromatic rings. The Labute approximate surface area is 100 Å². The monoisotopic (exact) mass is 244 g/mol. The van der Waals surface area contributed by atoms with Crippen molar-refractivity contribution in [1.29, 1.82) is 0 Å². The third-order valence-corrected chi connectivity index (χ3v) is 2.87. The Morgan fingerprint density at radius 2 is 1.67 bits per heavy atom. The van der Waals surface area contributed by atoms with E-state index in [1.54, 1.807) is 24.3 Å². The lowest BCUT2D eigenvalue weighted by atomic mass is 10.0.